The molecule has 0 spiro atoms. The van der Waals surface area contributed by atoms with Gasteiger partial charge in [0.2, 0.25) is 0 Å². The summed E-state index contributed by atoms with van der Waals surface area (Å²) in [7, 11) is 0. The van der Waals surface area contributed by atoms with Gasteiger partial charge in [0, 0.05) is 11.3 Å². The lowest BCUT2D eigenvalue weighted by atomic mass is 10.2. The summed E-state index contributed by atoms with van der Waals surface area (Å²) in [6, 6.07) is 2.20. The van der Waals surface area contributed by atoms with Gasteiger partial charge in [-0.3, -0.25) is 5.41 Å². The Bertz CT molecular complexity index is 398. The molecule has 5 heteroatoms. The summed E-state index contributed by atoms with van der Waals surface area (Å²) in [5.74, 6) is -0.552. The number of thioether (sulfide) groups is 1. The zero-order chi connectivity index (χ0) is 13.0. The van der Waals surface area contributed by atoms with E-state index < -0.39 is 11.6 Å². The Kier molecular flexibility index (Phi) is 4.93. The second kappa shape index (κ2) is 6.00. The van der Waals surface area contributed by atoms with E-state index in [1.54, 1.807) is 0 Å². The summed E-state index contributed by atoms with van der Waals surface area (Å²) >= 11 is 1.17. The number of amidine groups is 1. The zero-order valence-corrected chi connectivity index (χ0v) is 10.7. The van der Waals surface area contributed by atoms with Gasteiger partial charge >= 0.3 is 0 Å². The first-order valence-corrected chi connectivity index (χ1v) is 6.40. The maximum atomic E-state index is 13.6. The van der Waals surface area contributed by atoms with Crippen LogP contribution in [0.2, 0.25) is 0 Å². The summed E-state index contributed by atoms with van der Waals surface area (Å²) in [5, 5.41) is 7.14. The van der Waals surface area contributed by atoms with Crippen molar-refractivity contribution in [1.29, 1.82) is 5.41 Å². The predicted molar refractivity (Wildman–Crippen MR) is 67.6 cm³/mol. The molecular formula is C12H16F2N2S. The Hall–Kier alpha value is -1.10. The van der Waals surface area contributed by atoms with Crippen molar-refractivity contribution in [1.82, 2.24) is 0 Å². The molecule has 0 saturated heterocycles. The Balaban J connectivity index is 2.90. The van der Waals surface area contributed by atoms with Crippen molar-refractivity contribution in [3.63, 3.8) is 0 Å². The Labute approximate surface area is 104 Å². The first-order valence-electron chi connectivity index (χ1n) is 5.42. The highest BCUT2D eigenvalue weighted by molar-refractivity contribution is 7.99. The Morgan fingerprint density at radius 1 is 1.41 bits per heavy atom. The van der Waals surface area contributed by atoms with Crippen LogP contribution in [0.15, 0.2) is 17.0 Å². The van der Waals surface area contributed by atoms with Gasteiger partial charge in [-0.1, -0.05) is 20.3 Å². The fourth-order valence-electron chi connectivity index (χ4n) is 1.20. The maximum absolute atomic E-state index is 13.6. The highest BCUT2D eigenvalue weighted by atomic mass is 32.2. The largest absolute Gasteiger partial charge is 0.384 e. The van der Waals surface area contributed by atoms with Crippen molar-refractivity contribution in [2.24, 2.45) is 11.7 Å². The molecule has 0 saturated carbocycles. The quantitative estimate of drug-likeness (QED) is 0.483. The van der Waals surface area contributed by atoms with Crippen molar-refractivity contribution >= 4 is 17.6 Å². The highest BCUT2D eigenvalue weighted by Crippen LogP contribution is 2.28. The number of halogens is 2. The number of hydrogen-bond acceptors (Lipinski definition) is 2. The molecule has 0 amide bonds. The molecule has 2 nitrogen and oxygen atoms in total. The molecule has 3 N–H and O–H groups in total. The summed E-state index contributed by atoms with van der Waals surface area (Å²) in [5.41, 5.74) is 5.27. The van der Waals surface area contributed by atoms with Crippen molar-refractivity contribution in [2.45, 2.75) is 25.2 Å². The number of nitrogens with one attached hydrogen (secondary N) is 1. The molecule has 0 bridgehead atoms. The molecule has 1 aromatic carbocycles. The molecular weight excluding hydrogens is 242 g/mol. The topological polar surface area (TPSA) is 49.9 Å². The van der Waals surface area contributed by atoms with Gasteiger partial charge in [0.25, 0.3) is 0 Å². The highest BCUT2D eigenvalue weighted by Gasteiger charge is 2.13. The van der Waals surface area contributed by atoms with Crippen molar-refractivity contribution in [3.8, 4) is 0 Å². The Morgan fingerprint density at radius 3 is 2.35 bits per heavy atom. The van der Waals surface area contributed by atoms with Crippen LogP contribution < -0.4 is 5.73 Å². The average molecular weight is 258 g/mol. The smallest absolute Gasteiger partial charge is 0.140 e. The number of nitrogens with two attached hydrogens (primary N) is 1. The van der Waals surface area contributed by atoms with Gasteiger partial charge in [-0.05, 0) is 18.1 Å². The summed E-state index contributed by atoms with van der Waals surface area (Å²) in [6.45, 7) is 4.07. The van der Waals surface area contributed by atoms with Crippen LogP contribution in [-0.4, -0.2) is 11.6 Å². The van der Waals surface area contributed by atoms with Gasteiger partial charge in [-0.2, -0.15) is 0 Å². The first-order chi connectivity index (χ1) is 7.95. The van der Waals surface area contributed by atoms with E-state index in [1.807, 2.05) is 13.8 Å². The van der Waals surface area contributed by atoms with Gasteiger partial charge < -0.3 is 5.73 Å². The van der Waals surface area contributed by atoms with E-state index in [4.69, 9.17) is 11.1 Å². The van der Waals surface area contributed by atoms with Gasteiger partial charge in [-0.15, -0.1) is 11.8 Å². The normalized spacial score (nSPS) is 12.5. The molecule has 1 aromatic rings. The van der Waals surface area contributed by atoms with E-state index in [2.05, 4.69) is 0 Å². The summed E-state index contributed by atoms with van der Waals surface area (Å²) in [6.07, 6.45) is 0.974. The van der Waals surface area contributed by atoms with Gasteiger partial charge in [0.05, 0.1) is 4.90 Å². The SMILES string of the molecule is CCC(C)CSc1c(F)cc(C(=N)N)cc1F. The lowest BCUT2D eigenvalue weighted by molar-refractivity contribution is 0.539. The lowest BCUT2D eigenvalue weighted by Crippen LogP contribution is -2.12. The number of benzene rings is 1. The van der Waals surface area contributed by atoms with E-state index in [0.29, 0.717) is 11.7 Å². The minimum Gasteiger partial charge on any atom is -0.384 e. The second-order valence-corrected chi connectivity index (χ2v) is 5.04. The van der Waals surface area contributed by atoms with Gasteiger partial charge in [0.1, 0.15) is 17.5 Å². The summed E-state index contributed by atoms with van der Waals surface area (Å²) < 4.78 is 27.2. The van der Waals surface area contributed by atoms with Crippen LogP contribution in [0.25, 0.3) is 0 Å². The monoisotopic (exact) mass is 258 g/mol. The molecule has 1 rings (SSSR count). The van der Waals surface area contributed by atoms with Crippen LogP contribution in [0.5, 0.6) is 0 Å². The van der Waals surface area contributed by atoms with Crippen molar-refractivity contribution in [3.05, 3.63) is 29.3 Å². The first kappa shape index (κ1) is 14.0. The molecule has 1 unspecified atom stereocenters. The van der Waals surface area contributed by atoms with E-state index >= 15 is 0 Å². The molecule has 17 heavy (non-hydrogen) atoms. The molecule has 0 heterocycles. The van der Waals surface area contributed by atoms with Gasteiger partial charge in [-0.25, -0.2) is 8.78 Å². The standard InChI is InChI=1S/C12H16F2N2S/c1-3-7(2)6-17-11-9(13)4-8(12(15)16)5-10(11)14/h4-5,7H,3,6H2,1-2H3,(H3,15,16). The van der Waals surface area contributed by atoms with Gasteiger partial charge in [0.15, 0.2) is 0 Å². The van der Waals surface area contributed by atoms with Crippen LogP contribution in [0.4, 0.5) is 8.78 Å². The third-order valence-electron chi connectivity index (χ3n) is 2.52. The number of rotatable bonds is 5. The van der Waals surface area contributed by atoms with E-state index in [9.17, 15) is 8.78 Å². The fourth-order valence-corrected chi connectivity index (χ4v) is 2.28. The van der Waals surface area contributed by atoms with Crippen LogP contribution in [0, 0.1) is 23.0 Å². The predicted octanol–water partition coefficient (Wildman–Crippen LogP) is 3.39. The Morgan fingerprint density at radius 2 is 1.94 bits per heavy atom. The molecule has 0 fully saturated rings. The molecule has 0 aliphatic heterocycles. The van der Waals surface area contributed by atoms with Crippen molar-refractivity contribution < 1.29 is 8.78 Å². The molecule has 94 valence electrons. The molecule has 0 aromatic heterocycles. The minimum atomic E-state index is -0.650. The second-order valence-electron chi connectivity index (χ2n) is 4.01. The molecule has 0 radical (unpaired) electrons. The molecule has 0 aliphatic carbocycles. The van der Waals surface area contributed by atoms with E-state index in [-0.39, 0.29) is 16.3 Å². The fraction of sp³-hybridized carbons (Fsp3) is 0.417. The van der Waals surface area contributed by atoms with Crippen LogP contribution in [0.3, 0.4) is 0 Å². The van der Waals surface area contributed by atoms with Crippen LogP contribution in [0.1, 0.15) is 25.8 Å². The third-order valence-corrected chi connectivity index (χ3v) is 3.93. The number of nitrogen functional groups attached to an aromatic ring is 1. The summed E-state index contributed by atoms with van der Waals surface area (Å²) in [4.78, 5) is 0.00954. The third kappa shape index (κ3) is 3.70. The number of hydrogen-bond donors (Lipinski definition) is 2. The van der Waals surface area contributed by atoms with Crippen LogP contribution >= 0.6 is 11.8 Å². The van der Waals surface area contributed by atoms with E-state index in [0.717, 1.165) is 18.6 Å². The van der Waals surface area contributed by atoms with Crippen LogP contribution in [-0.2, 0) is 0 Å². The van der Waals surface area contributed by atoms with Crippen molar-refractivity contribution in [2.75, 3.05) is 5.75 Å². The lowest BCUT2D eigenvalue weighted by Gasteiger charge is -2.10. The molecule has 0 aliphatic rings. The van der Waals surface area contributed by atoms with E-state index in [1.165, 1.54) is 11.8 Å². The zero-order valence-electron chi connectivity index (χ0n) is 9.89. The maximum Gasteiger partial charge on any atom is 0.140 e. The molecule has 1 atom stereocenters. The minimum absolute atomic E-state index is 0.00954. The average Bonchev–Trinajstić information content (AvgIpc) is 2.27.